The number of fused-ring (bicyclic) bond motifs is 1. The molecule has 2 heterocycles. The van der Waals surface area contributed by atoms with E-state index < -0.39 is 18.0 Å². The van der Waals surface area contributed by atoms with Gasteiger partial charge in [-0.05, 0) is 25.0 Å². The van der Waals surface area contributed by atoms with Crippen LogP contribution in [0, 0.1) is 0 Å². The molecule has 0 saturated carbocycles. The van der Waals surface area contributed by atoms with Crippen LogP contribution in [0.5, 0.6) is 0 Å². The van der Waals surface area contributed by atoms with Gasteiger partial charge in [0.25, 0.3) is 5.91 Å². The van der Waals surface area contributed by atoms with E-state index in [1.165, 1.54) is 28.0 Å². The molecule has 10 heteroatoms. The van der Waals surface area contributed by atoms with E-state index in [1.54, 1.807) is 0 Å². The summed E-state index contributed by atoms with van der Waals surface area (Å²) in [7, 11) is 0. The number of nitrogens with zero attached hydrogens (tertiary/aromatic N) is 2. The summed E-state index contributed by atoms with van der Waals surface area (Å²) < 4.78 is 1.85. The zero-order valence-electron chi connectivity index (χ0n) is 13.2. The van der Waals surface area contributed by atoms with Gasteiger partial charge in [0.05, 0.1) is 16.0 Å². The third kappa shape index (κ3) is 4.20. The van der Waals surface area contributed by atoms with Crippen LogP contribution in [0.2, 0.25) is 0 Å². The molecule has 0 aliphatic carbocycles. The number of thioether (sulfide) groups is 1. The molecule has 1 atom stereocenters. The maximum Gasteiger partial charge on any atom is 0.315 e. The number of primary amides is 1. The number of amides is 4. The SMILES string of the molecule is NC(=O)N1CCC[C@H]1C(=O)NNC(=O)CSc1nc2ccccc2s1. The lowest BCUT2D eigenvalue weighted by atomic mass is 10.2. The maximum atomic E-state index is 12.1. The number of aromatic nitrogens is 1. The number of carbonyl (C=O) groups is 3. The van der Waals surface area contributed by atoms with Gasteiger partial charge in [0.2, 0.25) is 5.91 Å². The first-order valence-corrected chi connectivity index (χ1v) is 9.48. The van der Waals surface area contributed by atoms with Gasteiger partial charge in [-0.1, -0.05) is 23.9 Å². The van der Waals surface area contributed by atoms with Crippen LogP contribution in [0.1, 0.15) is 12.8 Å². The van der Waals surface area contributed by atoms with E-state index in [0.29, 0.717) is 19.4 Å². The number of hydrogen-bond donors (Lipinski definition) is 3. The Kier molecular flexibility index (Phi) is 5.39. The lowest BCUT2D eigenvalue weighted by Gasteiger charge is -2.21. The van der Waals surface area contributed by atoms with E-state index >= 15 is 0 Å². The molecule has 0 spiro atoms. The summed E-state index contributed by atoms with van der Waals surface area (Å²) >= 11 is 2.82. The van der Waals surface area contributed by atoms with Gasteiger partial charge in [0, 0.05) is 6.54 Å². The number of nitrogens with two attached hydrogens (primary N) is 1. The molecule has 0 unspecified atom stereocenters. The highest BCUT2D eigenvalue weighted by atomic mass is 32.2. The van der Waals surface area contributed by atoms with Gasteiger partial charge >= 0.3 is 6.03 Å². The first-order valence-electron chi connectivity index (χ1n) is 7.68. The lowest BCUT2D eigenvalue weighted by molar-refractivity contribution is -0.130. The molecule has 1 aromatic heterocycles. The van der Waals surface area contributed by atoms with Gasteiger partial charge in [-0.25, -0.2) is 9.78 Å². The number of benzene rings is 1. The molecule has 0 bridgehead atoms. The Balaban J connectivity index is 1.46. The fraction of sp³-hybridized carbons (Fsp3) is 0.333. The van der Waals surface area contributed by atoms with Gasteiger partial charge in [-0.2, -0.15) is 0 Å². The standard InChI is InChI=1S/C15H17N5O3S2/c16-14(23)20-7-3-5-10(20)13(22)19-18-12(21)8-24-15-17-9-4-1-2-6-11(9)25-15/h1-2,4,6,10H,3,5,7-8H2,(H2,16,23)(H,18,21)(H,19,22)/t10-/m0/s1. The minimum atomic E-state index is -0.630. The first kappa shape index (κ1) is 17.5. The van der Waals surface area contributed by atoms with Crippen LogP contribution in [0.4, 0.5) is 4.79 Å². The van der Waals surface area contributed by atoms with Gasteiger partial charge in [0.1, 0.15) is 6.04 Å². The Morgan fingerprint density at radius 2 is 2.12 bits per heavy atom. The molecule has 25 heavy (non-hydrogen) atoms. The molecular weight excluding hydrogens is 362 g/mol. The van der Waals surface area contributed by atoms with E-state index in [-0.39, 0.29) is 11.7 Å². The number of para-hydroxylation sites is 1. The highest BCUT2D eigenvalue weighted by Crippen LogP contribution is 2.28. The van der Waals surface area contributed by atoms with Crippen molar-refractivity contribution in [2.45, 2.75) is 23.2 Å². The van der Waals surface area contributed by atoms with Crippen molar-refractivity contribution in [3.8, 4) is 0 Å². The average molecular weight is 379 g/mol. The zero-order valence-corrected chi connectivity index (χ0v) is 14.9. The van der Waals surface area contributed by atoms with Crippen molar-refractivity contribution in [1.29, 1.82) is 0 Å². The summed E-state index contributed by atoms with van der Waals surface area (Å²) in [5.74, 6) is -0.652. The number of rotatable bonds is 4. The van der Waals surface area contributed by atoms with Crippen molar-refractivity contribution in [2.75, 3.05) is 12.3 Å². The second kappa shape index (κ2) is 7.70. The average Bonchev–Trinajstić information content (AvgIpc) is 3.24. The Labute approximate surface area is 152 Å². The summed E-state index contributed by atoms with van der Waals surface area (Å²) in [6, 6.07) is 6.49. The number of nitrogens with one attached hydrogen (secondary N) is 2. The quantitative estimate of drug-likeness (QED) is 0.543. The van der Waals surface area contributed by atoms with Crippen molar-refractivity contribution in [1.82, 2.24) is 20.7 Å². The molecule has 4 N–H and O–H groups in total. The van der Waals surface area contributed by atoms with E-state index in [1.807, 2.05) is 24.3 Å². The van der Waals surface area contributed by atoms with Crippen LogP contribution in [-0.4, -0.2) is 46.1 Å². The molecule has 1 aromatic carbocycles. The van der Waals surface area contributed by atoms with Crippen molar-refractivity contribution in [3.05, 3.63) is 24.3 Å². The van der Waals surface area contributed by atoms with Crippen LogP contribution in [-0.2, 0) is 9.59 Å². The van der Waals surface area contributed by atoms with Crippen molar-refractivity contribution in [3.63, 3.8) is 0 Å². The largest absolute Gasteiger partial charge is 0.351 e. The molecule has 1 aliphatic heterocycles. The number of carbonyl (C=O) groups excluding carboxylic acids is 3. The second-order valence-electron chi connectivity index (χ2n) is 5.46. The third-order valence-corrected chi connectivity index (χ3v) is 5.94. The van der Waals surface area contributed by atoms with Crippen LogP contribution in [0.15, 0.2) is 28.6 Å². The molecule has 1 saturated heterocycles. The summed E-state index contributed by atoms with van der Waals surface area (Å²) in [4.78, 5) is 40.9. The van der Waals surface area contributed by atoms with E-state index in [0.717, 1.165) is 14.6 Å². The highest BCUT2D eigenvalue weighted by Gasteiger charge is 2.33. The monoisotopic (exact) mass is 379 g/mol. The molecule has 8 nitrogen and oxygen atoms in total. The predicted octanol–water partition coefficient (Wildman–Crippen LogP) is 1.08. The highest BCUT2D eigenvalue weighted by molar-refractivity contribution is 8.01. The van der Waals surface area contributed by atoms with E-state index in [4.69, 9.17) is 5.73 Å². The smallest absolute Gasteiger partial charge is 0.315 e. The third-order valence-electron chi connectivity index (χ3n) is 3.76. The van der Waals surface area contributed by atoms with Gasteiger partial charge < -0.3 is 10.6 Å². The number of hydrogen-bond acceptors (Lipinski definition) is 6. The Bertz CT molecular complexity index is 776. The van der Waals surface area contributed by atoms with Crippen molar-refractivity contribution < 1.29 is 14.4 Å². The van der Waals surface area contributed by atoms with Crippen LogP contribution in [0.3, 0.4) is 0 Å². The molecule has 132 valence electrons. The Morgan fingerprint density at radius 1 is 1.32 bits per heavy atom. The number of likely N-dealkylation sites (tertiary alicyclic amines) is 1. The van der Waals surface area contributed by atoms with Crippen LogP contribution >= 0.6 is 23.1 Å². The number of urea groups is 1. The van der Waals surface area contributed by atoms with Crippen molar-refractivity contribution >= 4 is 51.2 Å². The Morgan fingerprint density at radius 3 is 2.88 bits per heavy atom. The molecule has 0 radical (unpaired) electrons. The molecular formula is C15H17N5O3S2. The van der Waals surface area contributed by atoms with Crippen LogP contribution < -0.4 is 16.6 Å². The molecule has 2 aromatic rings. The minimum Gasteiger partial charge on any atom is -0.351 e. The van der Waals surface area contributed by atoms with Crippen LogP contribution in [0.25, 0.3) is 10.2 Å². The maximum absolute atomic E-state index is 12.1. The molecule has 1 fully saturated rings. The molecule has 1 aliphatic rings. The molecule has 3 rings (SSSR count). The van der Waals surface area contributed by atoms with Gasteiger partial charge in [-0.15, -0.1) is 11.3 Å². The van der Waals surface area contributed by atoms with Gasteiger partial charge in [-0.3, -0.25) is 20.4 Å². The normalized spacial score (nSPS) is 16.8. The second-order valence-corrected chi connectivity index (χ2v) is 7.72. The number of hydrazine groups is 1. The van der Waals surface area contributed by atoms with Crippen molar-refractivity contribution in [2.24, 2.45) is 5.73 Å². The summed E-state index contributed by atoms with van der Waals surface area (Å²) in [6.45, 7) is 0.453. The first-order chi connectivity index (χ1) is 12.0. The van der Waals surface area contributed by atoms with E-state index in [9.17, 15) is 14.4 Å². The van der Waals surface area contributed by atoms with E-state index in [2.05, 4.69) is 15.8 Å². The number of thiazole rings is 1. The predicted molar refractivity (Wildman–Crippen MR) is 95.9 cm³/mol. The fourth-order valence-electron chi connectivity index (χ4n) is 2.59. The fourth-order valence-corrected chi connectivity index (χ4v) is 4.46. The summed E-state index contributed by atoms with van der Waals surface area (Å²) in [5.41, 5.74) is 10.9. The lowest BCUT2D eigenvalue weighted by Crippen LogP contribution is -2.52. The zero-order chi connectivity index (χ0) is 17.8. The van der Waals surface area contributed by atoms with Gasteiger partial charge in [0.15, 0.2) is 4.34 Å². The minimum absolute atomic E-state index is 0.129. The summed E-state index contributed by atoms with van der Waals surface area (Å²) in [5, 5.41) is 0. The molecule has 4 amide bonds. The summed E-state index contributed by atoms with van der Waals surface area (Å²) in [6.07, 6.45) is 1.24. The topological polar surface area (TPSA) is 117 Å². The Hall–Kier alpha value is -2.33.